The zero-order chi connectivity index (χ0) is 12.0. The molecule has 0 aromatic carbocycles. The Balaban J connectivity index is 2.29. The van der Waals surface area contributed by atoms with Crippen molar-refractivity contribution in [1.29, 1.82) is 0 Å². The van der Waals surface area contributed by atoms with E-state index in [-0.39, 0.29) is 6.10 Å². The molecule has 0 aromatic rings. The molecule has 1 rings (SSSR count). The summed E-state index contributed by atoms with van der Waals surface area (Å²) in [6, 6.07) is 0.640. The molecule has 16 heavy (non-hydrogen) atoms. The number of nitrogens with zero attached hydrogens (tertiary/aromatic N) is 1. The van der Waals surface area contributed by atoms with Crippen LogP contribution in [0.5, 0.6) is 0 Å². The van der Waals surface area contributed by atoms with Crippen LogP contribution in [0.3, 0.4) is 0 Å². The Kier molecular flexibility index (Phi) is 6.37. The first-order valence-corrected chi connectivity index (χ1v) is 7.01. The quantitative estimate of drug-likeness (QED) is 0.754. The van der Waals surface area contributed by atoms with E-state index in [1.54, 1.807) is 0 Å². The highest BCUT2D eigenvalue weighted by Crippen LogP contribution is 2.21. The van der Waals surface area contributed by atoms with Crippen LogP contribution >= 0.6 is 0 Å². The molecular weight excluding hydrogens is 198 g/mol. The number of hydrogen-bond donors (Lipinski definition) is 1. The van der Waals surface area contributed by atoms with Crippen LogP contribution in [-0.2, 0) is 0 Å². The Bertz CT molecular complexity index is 180. The summed E-state index contributed by atoms with van der Waals surface area (Å²) in [5.41, 5.74) is 0. The van der Waals surface area contributed by atoms with Gasteiger partial charge in [-0.3, -0.25) is 0 Å². The van der Waals surface area contributed by atoms with Crippen molar-refractivity contribution in [3.8, 4) is 0 Å². The van der Waals surface area contributed by atoms with Gasteiger partial charge in [0.25, 0.3) is 0 Å². The molecule has 0 spiro atoms. The highest BCUT2D eigenvalue weighted by molar-refractivity contribution is 4.78. The monoisotopic (exact) mass is 227 g/mol. The van der Waals surface area contributed by atoms with Crippen LogP contribution in [-0.4, -0.2) is 35.2 Å². The molecule has 1 fully saturated rings. The largest absolute Gasteiger partial charge is 0.393 e. The molecule has 1 aliphatic rings. The van der Waals surface area contributed by atoms with E-state index in [2.05, 4.69) is 18.7 Å². The fourth-order valence-corrected chi connectivity index (χ4v) is 2.72. The lowest BCUT2D eigenvalue weighted by Gasteiger charge is -2.36. The minimum Gasteiger partial charge on any atom is -0.393 e. The van der Waals surface area contributed by atoms with Crippen molar-refractivity contribution in [1.82, 2.24) is 4.90 Å². The molecule has 0 radical (unpaired) electrons. The number of piperidine rings is 1. The Hall–Kier alpha value is -0.0800. The molecule has 96 valence electrons. The predicted octanol–water partition coefficient (Wildman–Crippen LogP) is 3.05. The van der Waals surface area contributed by atoms with Crippen molar-refractivity contribution in [2.75, 3.05) is 13.1 Å². The van der Waals surface area contributed by atoms with Crippen LogP contribution in [0.25, 0.3) is 0 Å². The van der Waals surface area contributed by atoms with Crippen molar-refractivity contribution in [2.24, 2.45) is 5.92 Å². The third-order valence-electron chi connectivity index (χ3n) is 3.59. The van der Waals surface area contributed by atoms with Gasteiger partial charge in [-0.25, -0.2) is 0 Å². The molecule has 2 atom stereocenters. The minimum absolute atomic E-state index is 0.143. The second kappa shape index (κ2) is 7.29. The Morgan fingerprint density at radius 2 is 2.00 bits per heavy atom. The fraction of sp³-hybridized carbons (Fsp3) is 1.00. The summed E-state index contributed by atoms with van der Waals surface area (Å²) < 4.78 is 0. The standard InChI is InChI=1S/C14H29NO/c1-12(2)7-6-10-15-9-5-4-8-14(15)11-13(3)16/h12-14,16H,4-11H2,1-3H3. The van der Waals surface area contributed by atoms with Crippen molar-refractivity contribution in [2.45, 2.75) is 71.4 Å². The van der Waals surface area contributed by atoms with Crippen LogP contribution in [0.1, 0.15) is 59.3 Å². The first-order valence-electron chi connectivity index (χ1n) is 7.01. The lowest BCUT2D eigenvalue weighted by atomic mass is 9.96. The highest BCUT2D eigenvalue weighted by Gasteiger charge is 2.22. The van der Waals surface area contributed by atoms with E-state index in [1.807, 2.05) is 6.92 Å². The number of hydrogen-bond acceptors (Lipinski definition) is 2. The molecule has 2 nitrogen and oxygen atoms in total. The molecule has 0 aliphatic carbocycles. The Labute approximate surface area is 101 Å². The Morgan fingerprint density at radius 3 is 2.62 bits per heavy atom. The zero-order valence-electron chi connectivity index (χ0n) is 11.3. The maximum atomic E-state index is 9.51. The summed E-state index contributed by atoms with van der Waals surface area (Å²) >= 11 is 0. The molecule has 1 aliphatic heterocycles. The summed E-state index contributed by atoms with van der Waals surface area (Å²) in [4.78, 5) is 2.61. The summed E-state index contributed by atoms with van der Waals surface area (Å²) in [7, 11) is 0. The van der Waals surface area contributed by atoms with E-state index in [1.165, 1.54) is 45.2 Å². The van der Waals surface area contributed by atoms with E-state index in [0.717, 1.165) is 12.3 Å². The zero-order valence-corrected chi connectivity index (χ0v) is 11.3. The van der Waals surface area contributed by atoms with Gasteiger partial charge in [-0.2, -0.15) is 0 Å². The fourth-order valence-electron chi connectivity index (χ4n) is 2.72. The van der Waals surface area contributed by atoms with Gasteiger partial charge in [0, 0.05) is 6.04 Å². The highest BCUT2D eigenvalue weighted by atomic mass is 16.3. The molecule has 1 heterocycles. The lowest BCUT2D eigenvalue weighted by molar-refractivity contribution is 0.0850. The van der Waals surface area contributed by atoms with E-state index < -0.39 is 0 Å². The number of rotatable bonds is 6. The van der Waals surface area contributed by atoms with Crippen LogP contribution in [0.2, 0.25) is 0 Å². The summed E-state index contributed by atoms with van der Waals surface area (Å²) in [6.45, 7) is 8.99. The predicted molar refractivity (Wildman–Crippen MR) is 69.6 cm³/mol. The van der Waals surface area contributed by atoms with Gasteiger partial charge in [-0.15, -0.1) is 0 Å². The SMILES string of the molecule is CC(C)CCCN1CCCCC1CC(C)O. The van der Waals surface area contributed by atoms with Crippen LogP contribution in [0.4, 0.5) is 0 Å². The smallest absolute Gasteiger partial charge is 0.0527 e. The maximum Gasteiger partial charge on any atom is 0.0527 e. The average Bonchev–Trinajstić information content (AvgIpc) is 2.19. The van der Waals surface area contributed by atoms with Gasteiger partial charge in [-0.05, 0) is 58.0 Å². The second-order valence-electron chi connectivity index (χ2n) is 5.81. The maximum absolute atomic E-state index is 9.51. The molecule has 0 bridgehead atoms. The van der Waals surface area contributed by atoms with Gasteiger partial charge in [0.05, 0.1) is 6.10 Å². The number of aliphatic hydroxyl groups is 1. The van der Waals surface area contributed by atoms with Gasteiger partial charge in [0.1, 0.15) is 0 Å². The molecule has 2 unspecified atom stereocenters. The van der Waals surface area contributed by atoms with Gasteiger partial charge in [0.2, 0.25) is 0 Å². The molecule has 1 saturated heterocycles. The van der Waals surface area contributed by atoms with Crippen LogP contribution in [0.15, 0.2) is 0 Å². The topological polar surface area (TPSA) is 23.5 Å². The first-order chi connectivity index (χ1) is 7.59. The molecule has 0 aromatic heterocycles. The second-order valence-corrected chi connectivity index (χ2v) is 5.81. The van der Waals surface area contributed by atoms with E-state index in [4.69, 9.17) is 0 Å². The van der Waals surface area contributed by atoms with E-state index in [0.29, 0.717) is 6.04 Å². The first kappa shape index (κ1) is 14.0. The van der Waals surface area contributed by atoms with Gasteiger partial charge < -0.3 is 10.0 Å². The van der Waals surface area contributed by atoms with Gasteiger partial charge in [0.15, 0.2) is 0 Å². The Morgan fingerprint density at radius 1 is 1.25 bits per heavy atom. The van der Waals surface area contributed by atoms with Crippen LogP contribution in [0, 0.1) is 5.92 Å². The van der Waals surface area contributed by atoms with Crippen LogP contribution < -0.4 is 0 Å². The van der Waals surface area contributed by atoms with Crippen molar-refractivity contribution in [3.63, 3.8) is 0 Å². The number of likely N-dealkylation sites (tertiary alicyclic amines) is 1. The van der Waals surface area contributed by atoms with E-state index >= 15 is 0 Å². The third-order valence-corrected chi connectivity index (χ3v) is 3.59. The molecule has 1 N–H and O–H groups in total. The summed E-state index contributed by atoms with van der Waals surface area (Å²) in [5.74, 6) is 0.819. The van der Waals surface area contributed by atoms with Gasteiger partial charge in [-0.1, -0.05) is 20.3 Å². The third kappa shape index (κ3) is 5.31. The van der Waals surface area contributed by atoms with Crippen molar-refractivity contribution < 1.29 is 5.11 Å². The summed E-state index contributed by atoms with van der Waals surface area (Å²) in [6.07, 6.45) is 7.44. The molecule has 2 heteroatoms. The van der Waals surface area contributed by atoms with E-state index in [9.17, 15) is 5.11 Å². The normalized spacial score (nSPS) is 24.9. The average molecular weight is 227 g/mol. The molecule has 0 amide bonds. The molecule has 0 saturated carbocycles. The minimum atomic E-state index is -0.143. The van der Waals surface area contributed by atoms with Crippen molar-refractivity contribution >= 4 is 0 Å². The number of aliphatic hydroxyl groups excluding tert-OH is 1. The lowest BCUT2D eigenvalue weighted by Crippen LogP contribution is -2.41. The molecular formula is C14H29NO. The van der Waals surface area contributed by atoms with Gasteiger partial charge >= 0.3 is 0 Å². The van der Waals surface area contributed by atoms with Crippen molar-refractivity contribution in [3.05, 3.63) is 0 Å². The summed E-state index contributed by atoms with van der Waals surface area (Å²) in [5, 5.41) is 9.51.